The van der Waals surface area contributed by atoms with Crippen molar-refractivity contribution in [1.29, 1.82) is 0 Å². The molecule has 4 heteroatoms. The van der Waals surface area contributed by atoms with Crippen molar-refractivity contribution in [2.45, 2.75) is 77.7 Å². The summed E-state index contributed by atoms with van der Waals surface area (Å²) in [4.78, 5) is 13.6. The third-order valence-corrected chi connectivity index (χ3v) is 6.85. The maximum Gasteiger partial charge on any atom is 0.260 e. The standard InChI is InChI=1S/C27H31NO3/c1-4-6-14-27-17-22-20-11-9-8-10-19(20)12-13-21(22)25(31-27)24-23(30-27)16-18(3)28(26(24)29)15-7-5-2/h8-13,16,25H,4-7,14-15,17H2,1-3H3/t25?,27-/m1/s1. The zero-order chi connectivity index (χ0) is 21.6. The summed E-state index contributed by atoms with van der Waals surface area (Å²) in [6.07, 6.45) is 5.27. The molecule has 3 aromatic rings. The minimum absolute atomic E-state index is 0.0264. The molecule has 0 N–H and O–H groups in total. The highest BCUT2D eigenvalue weighted by atomic mass is 16.7. The summed E-state index contributed by atoms with van der Waals surface area (Å²) in [6.45, 7) is 7.07. The Morgan fingerprint density at radius 2 is 1.90 bits per heavy atom. The number of aromatic nitrogens is 1. The van der Waals surface area contributed by atoms with Crippen LogP contribution in [0.15, 0.2) is 47.3 Å². The fourth-order valence-electron chi connectivity index (χ4n) is 5.18. The second-order valence-electron chi connectivity index (χ2n) is 9.02. The first-order chi connectivity index (χ1) is 15.1. The van der Waals surface area contributed by atoms with Gasteiger partial charge in [-0.2, -0.15) is 0 Å². The molecule has 2 aromatic carbocycles. The lowest BCUT2D eigenvalue weighted by atomic mass is 9.83. The third-order valence-electron chi connectivity index (χ3n) is 6.85. The topological polar surface area (TPSA) is 40.5 Å². The highest BCUT2D eigenvalue weighted by Crippen LogP contribution is 2.50. The highest BCUT2D eigenvalue weighted by Gasteiger charge is 2.48. The smallest absolute Gasteiger partial charge is 0.260 e. The van der Waals surface area contributed by atoms with E-state index in [0.29, 0.717) is 17.7 Å². The number of unbranched alkanes of at least 4 members (excludes halogenated alkanes) is 2. The Bertz CT molecular complexity index is 1200. The van der Waals surface area contributed by atoms with E-state index in [4.69, 9.17) is 9.47 Å². The first-order valence-electron chi connectivity index (χ1n) is 11.7. The average Bonchev–Trinajstić information content (AvgIpc) is 2.77. The summed E-state index contributed by atoms with van der Waals surface area (Å²) in [5.41, 5.74) is 4.01. The molecule has 0 fully saturated rings. The van der Waals surface area contributed by atoms with E-state index in [0.717, 1.165) is 49.9 Å². The number of rotatable bonds is 6. The zero-order valence-electron chi connectivity index (χ0n) is 18.7. The lowest BCUT2D eigenvalue weighted by molar-refractivity contribution is -0.232. The molecule has 0 saturated carbocycles. The van der Waals surface area contributed by atoms with E-state index >= 15 is 0 Å². The third kappa shape index (κ3) is 3.28. The van der Waals surface area contributed by atoms with Crippen LogP contribution in [0, 0.1) is 6.92 Å². The van der Waals surface area contributed by atoms with Gasteiger partial charge in [0.05, 0.1) is 5.56 Å². The molecule has 31 heavy (non-hydrogen) atoms. The van der Waals surface area contributed by atoms with Gasteiger partial charge in [0.1, 0.15) is 11.9 Å². The van der Waals surface area contributed by atoms with Gasteiger partial charge in [-0.15, -0.1) is 0 Å². The van der Waals surface area contributed by atoms with Gasteiger partial charge >= 0.3 is 0 Å². The number of hydrogen-bond donors (Lipinski definition) is 0. The van der Waals surface area contributed by atoms with Crippen LogP contribution in [0.3, 0.4) is 0 Å². The molecule has 1 unspecified atom stereocenters. The second-order valence-corrected chi connectivity index (χ2v) is 9.02. The molecular formula is C27H31NO3. The van der Waals surface area contributed by atoms with Crippen LogP contribution in [0.4, 0.5) is 0 Å². The van der Waals surface area contributed by atoms with Gasteiger partial charge in [0.25, 0.3) is 5.56 Å². The monoisotopic (exact) mass is 417 g/mol. The van der Waals surface area contributed by atoms with Crippen molar-refractivity contribution < 1.29 is 9.47 Å². The van der Waals surface area contributed by atoms with Crippen LogP contribution in [0.5, 0.6) is 5.75 Å². The molecule has 0 aliphatic carbocycles. The molecule has 0 saturated heterocycles. The summed E-state index contributed by atoms with van der Waals surface area (Å²) in [5.74, 6) is 0.000595. The fraction of sp³-hybridized carbons (Fsp3) is 0.444. The van der Waals surface area contributed by atoms with Crippen molar-refractivity contribution in [2.24, 2.45) is 0 Å². The normalized spacial score (nSPS) is 21.5. The molecule has 3 heterocycles. The van der Waals surface area contributed by atoms with Gasteiger partial charge in [-0.25, -0.2) is 0 Å². The lowest BCUT2D eigenvalue weighted by Gasteiger charge is -2.47. The summed E-state index contributed by atoms with van der Waals surface area (Å²) in [7, 11) is 0. The Kier molecular flexibility index (Phi) is 5.13. The number of ether oxygens (including phenoxy) is 2. The van der Waals surface area contributed by atoms with Crippen molar-refractivity contribution in [1.82, 2.24) is 4.57 Å². The Morgan fingerprint density at radius 3 is 2.71 bits per heavy atom. The zero-order valence-corrected chi connectivity index (χ0v) is 18.7. The van der Waals surface area contributed by atoms with Crippen LogP contribution in [0.1, 0.15) is 74.4 Å². The van der Waals surface area contributed by atoms with Crippen LogP contribution < -0.4 is 10.3 Å². The fourth-order valence-corrected chi connectivity index (χ4v) is 5.18. The van der Waals surface area contributed by atoms with E-state index in [1.807, 2.05) is 11.5 Å². The van der Waals surface area contributed by atoms with Gasteiger partial charge < -0.3 is 14.0 Å². The number of aryl methyl sites for hydroxylation is 1. The van der Waals surface area contributed by atoms with Gasteiger partial charge in [0, 0.05) is 31.1 Å². The minimum Gasteiger partial charge on any atom is -0.461 e. The predicted molar refractivity (Wildman–Crippen MR) is 124 cm³/mol. The van der Waals surface area contributed by atoms with E-state index in [2.05, 4.69) is 56.3 Å². The van der Waals surface area contributed by atoms with Crippen LogP contribution >= 0.6 is 0 Å². The molecule has 0 amide bonds. The number of fused-ring (bicyclic) bond motifs is 8. The van der Waals surface area contributed by atoms with Gasteiger partial charge in [0.2, 0.25) is 5.79 Å². The molecule has 2 aliphatic rings. The minimum atomic E-state index is -0.709. The maximum absolute atomic E-state index is 13.6. The van der Waals surface area contributed by atoms with Gasteiger partial charge in [-0.1, -0.05) is 63.1 Å². The Hall–Kier alpha value is -2.59. The second kappa shape index (κ2) is 7.83. The van der Waals surface area contributed by atoms with Crippen molar-refractivity contribution in [3.63, 3.8) is 0 Å². The number of benzene rings is 2. The molecular weight excluding hydrogens is 386 g/mol. The molecule has 2 atom stereocenters. The average molecular weight is 418 g/mol. The van der Waals surface area contributed by atoms with Gasteiger partial charge in [-0.3, -0.25) is 4.79 Å². The molecule has 2 bridgehead atoms. The van der Waals surface area contributed by atoms with Gasteiger partial charge in [-0.05, 0) is 41.7 Å². The molecule has 0 radical (unpaired) electrons. The van der Waals surface area contributed by atoms with Crippen LogP contribution in [0.2, 0.25) is 0 Å². The summed E-state index contributed by atoms with van der Waals surface area (Å²) < 4.78 is 15.1. The Balaban J connectivity index is 1.73. The van der Waals surface area contributed by atoms with Crippen LogP contribution in [0.25, 0.3) is 10.8 Å². The van der Waals surface area contributed by atoms with Crippen LogP contribution in [-0.4, -0.2) is 10.4 Å². The number of hydrogen-bond acceptors (Lipinski definition) is 3. The van der Waals surface area contributed by atoms with Crippen molar-refractivity contribution >= 4 is 10.8 Å². The van der Waals surface area contributed by atoms with E-state index in [1.165, 1.54) is 16.3 Å². The largest absolute Gasteiger partial charge is 0.461 e. The Labute approximate surface area is 183 Å². The first-order valence-corrected chi connectivity index (χ1v) is 11.7. The Morgan fingerprint density at radius 1 is 1.10 bits per heavy atom. The van der Waals surface area contributed by atoms with E-state index in [9.17, 15) is 4.79 Å². The lowest BCUT2D eigenvalue weighted by Crippen LogP contribution is -2.51. The van der Waals surface area contributed by atoms with Crippen molar-refractivity contribution in [3.8, 4) is 5.75 Å². The summed E-state index contributed by atoms with van der Waals surface area (Å²) in [5, 5.41) is 2.45. The quantitative estimate of drug-likeness (QED) is 0.490. The van der Waals surface area contributed by atoms with Crippen molar-refractivity contribution in [2.75, 3.05) is 0 Å². The molecule has 4 nitrogen and oxygen atoms in total. The van der Waals surface area contributed by atoms with E-state index in [1.54, 1.807) is 0 Å². The molecule has 0 spiro atoms. The van der Waals surface area contributed by atoms with Crippen LogP contribution in [-0.2, 0) is 17.7 Å². The number of nitrogens with zero attached hydrogens (tertiary/aromatic N) is 1. The summed E-state index contributed by atoms with van der Waals surface area (Å²) in [6, 6.07) is 14.8. The SMILES string of the molecule is CCCCn1c(C)cc2c(c1=O)C1O[C@](CCCC)(Cc3c1ccc1ccccc31)O2. The molecule has 2 aliphatic heterocycles. The van der Waals surface area contributed by atoms with Gasteiger partial charge in [0.15, 0.2) is 0 Å². The first kappa shape index (κ1) is 20.3. The molecule has 162 valence electrons. The van der Waals surface area contributed by atoms with Crippen molar-refractivity contribution in [3.05, 3.63) is 75.2 Å². The van der Waals surface area contributed by atoms with E-state index < -0.39 is 5.79 Å². The highest BCUT2D eigenvalue weighted by molar-refractivity contribution is 5.87. The predicted octanol–water partition coefficient (Wildman–Crippen LogP) is 6.05. The van der Waals surface area contributed by atoms with E-state index in [-0.39, 0.29) is 11.7 Å². The molecule has 1 aromatic heterocycles. The molecule has 5 rings (SSSR count). The maximum atomic E-state index is 13.6. The number of pyridine rings is 1. The summed E-state index contributed by atoms with van der Waals surface area (Å²) >= 11 is 0.